The molecule has 0 amide bonds. The van der Waals surface area contributed by atoms with Crippen LogP contribution in [0.3, 0.4) is 0 Å². The van der Waals surface area contributed by atoms with Crippen molar-refractivity contribution in [2.24, 2.45) is 0 Å². The summed E-state index contributed by atoms with van der Waals surface area (Å²) in [5, 5.41) is 42.6. The molecule has 2 aromatic rings. The second-order valence-corrected chi connectivity index (χ2v) is 8.71. The van der Waals surface area contributed by atoms with Gasteiger partial charge in [-0.2, -0.15) is 0 Å². The van der Waals surface area contributed by atoms with Gasteiger partial charge in [0, 0.05) is 11.8 Å². The number of benzene rings is 2. The van der Waals surface area contributed by atoms with Gasteiger partial charge in [-0.3, -0.25) is 19.2 Å². The lowest BCUT2D eigenvalue weighted by molar-refractivity contribution is -0.142. The highest BCUT2D eigenvalue weighted by molar-refractivity contribution is 6.24. The van der Waals surface area contributed by atoms with Crippen LogP contribution in [0.1, 0.15) is 35.8 Å². The van der Waals surface area contributed by atoms with E-state index in [0.717, 1.165) is 14.2 Å². The number of aromatic hydroxyl groups is 2. The molecule has 2 aromatic carbocycles. The number of hydrogen-bond donors (Lipinski definition) is 4. The molecule has 4 N–H and O–H groups in total. The van der Waals surface area contributed by atoms with Crippen molar-refractivity contribution >= 4 is 23.5 Å². The number of Topliss-reactive ketones (excluding diaryl/α,β-unsaturated/α-hetero) is 2. The standard InChI is InChI=1S/C28H28O12/c1-37-19-7-5-13(9-17(19)29)15(11-21(31)39-3)23-25(33)27(35)24(28(36)26(23)34)16(12-22(32)40-4)14-6-8-20(38-2)18(30)10-14/h5-10,15-16,29-30,33,36H,11-12H2,1-4H3. The van der Waals surface area contributed by atoms with Gasteiger partial charge in [-0.05, 0) is 35.4 Å². The van der Waals surface area contributed by atoms with E-state index in [4.69, 9.17) is 18.9 Å². The maximum absolute atomic E-state index is 13.5. The monoisotopic (exact) mass is 556 g/mol. The van der Waals surface area contributed by atoms with Gasteiger partial charge in [0.1, 0.15) is 0 Å². The number of aliphatic hydroxyl groups is 2. The molecule has 1 aliphatic carbocycles. The third-order valence-corrected chi connectivity index (χ3v) is 6.53. The van der Waals surface area contributed by atoms with Gasteiger partial charge in [0.15, 0.2) is 34.5 Å². The summed E-state index contributed by atoms with van der Waals surface area (Å²) in [5.74, 6) is -9.32. The molecule has 2 atom stereocenters. The number of esters is 2. The summed E-state index contributed by atoms with van der Waals surface area (Å²) in [5.41, 5.74) is -0.964. The quantitative estimate of drug-likeness (QED) is 0.248. The van der Waals surface area contributed by atoms with Gasteiger partial charge < -0.3 is 39.4 Å². The van der Waals surface area contributed by atoms with E-state index < -0.39 is 70.8 Å². The Morgan fingerprint density at radius 2 is 1.00 bits per heavy atom. The zero-order valence-corrected chi connectivity index (χ0v) is 22.1. The Morgan fingerprint density at radius 3 is 1.27 bits per heavy atom. The predicted octanol–water partition coefficient (Wildman–Crippen LogP) is 2.88. The van der Waals surface area contributed by atoms with Crippen LogP contribution in [0, 0.1) is 0 Å². The molecular weight excluding hydrogens is 528 g/mol. The van der Waals surface area contributed by atoms with Crippen LogP contribution >= 0.6 is 0 Å². The van der Waals surface area contributed by atoms with E-state index in [1.54, 1.807) is 0 Å². The van der Waals surface area contributed by atoms with Gasteiger partial charge in [0.25, 0.3) is 0 Å². The molecule has 3 rings (SSSR count). The van der Waals surface area contributed by atoms with Crippen molar-refractivity contribution in [1.82, 2.24) is 0 Å². The van der Waals surface area contributed by atoms with Crippen LogP contribution in [0.4, 0.5) is 0 Å². The van der Waals surface area contributed by atoms with Crippen molar-refractivity contribution in [3.05, 3.63) is 70.2 Å². The number of allylic oxidation sites excluding steroid dienone is 2. The molecule has 0 saturated heterocycles. The Labute approximate surface area is 228 Å². The third kappa shape index (κ3) is 5.70. The minimum atomic E-state index is -1.33. The van der Waals surface area contributed by atoms with E-state index in [2.05, 4.69) is 0 Å². The zero-order valence-electron chi connectivity index (χ0n) is 22.1. The first-order chi connectivity index (χ1) is 19.0. The fourth-order valence-electron chi connectivity index (χ4n) is 4.48. The van der Waals surface area contributed by atoms with Gasteiger partial charge in [0.2, 0.25) is 11.6 Å². The largest absolute Gasteiger partial charge is 0.504 e. The molecule has 12 nitrogen and oxygen atoms in total. The highest BCUT2D eigenvalue weighted by Gasteiger charge is 2.43. The number of ether oxygens (including phenoxy) is 4. The molecular formula is C28H28O12. The Balaban J connectivity index is 2.18. The number of rotatable bonds is 10. The van der Waals surface area contributed by atoms with Crippen LogP contribution in [0.15, 0.2) is 59.1 Å². The number of phenols is 2. The van der Waals surface area contributed by atoms with E-state index in [1.807, 2.05) is 0 Å². The average molecular weight is 557 g/mol. The smallest absolute Gasteiger partial charge is 0.306 e. The molecule has 0 aliphatic heterocycles. The van der Waals surface area contributed by atoms with Gasteiger partial charge in [0.05, 0.1) is 52.4 Å². The minimum absolute atomic E-state index is 0.0863. The highest BCUT2D eigenvalue weighted by atomic mass is 16.5. The number of hydrogen-bond acceptors (Lipinski definition) is 12. The lowest BCUT2D eigenvalue weighted by Crippen LogP contribution is -2.31. The molecule has 0 saturated carbocycles. The van der Waals surface area contributed by atoms with E-state index >= 15 is 0 Å². The van der Waals surface area contributed by atoms with Gasteiger partial charge in [-0.25, -0.2) is 0 Å². The van der Waals surface area contributed by atoms with Gasteiger partial charge >= 0.3 is 11.9 Å². The molecule has 0 bridgehead atoms. The number of phenolic OH excluding ortho intramolecular Hbond substituents is 2. The maximum atomic E-state index is 13.5. The van der Waals surface area contributed by atoms with Crippen molar-refractivity contribution < 1.29 is 58.6 Å². The van der Waals surface area contributed by atoms with Gasteiger partial charge in [-0.1, -0.05) is 12.1 Å². The third-order valence-electron chi connectivity index (χ3n) is 6.53. The van der Waals surface area contributed by atoms with E-state index in [1.165, 1.54) is 50.6 Å². The fraction of sp³-hybridized carbons (Fsp3) is 0.286. The number of ketones is 2. The van der Waals surface area contributed by atoms with Crippen molar-refractivity contribution in [2.75, 3.05) is 28.4 Å². The Kier molecular flexibility index (Phi) is 9.04. The highest BCUT2D eigenvalue weighted by Crippen LogP contribution is 2.43. The SMILES string of the molecule is COC(=O)CC(C1=C(O)C(=O)C(C(CC(=O)OC)c2ccc(OC)c(O)c2)=C(O)C1=O)c1ccc(OC)c(O)c1. The number of methoxy groups -OCH3 is 4. The Morgan fingerprint density at radius 1 is 0.650 bits per heavy atom. The number of carbonyl (C=O) groups excluding carboxylic acids is 4. The van der Waals surface area contributed by atoms with Crippen molar-refractivity contribution in [1.29, 1.82) is 0 Å². The van der Waals surface area contributed by atoms with Crippen molar-refractivity contribution in [3.8, 4) is 23.0 Å². The molecule has 12 heteroatoms. The average Bonchev–Trinajstić information content (AvgIpc) is 2.94. The summed E-state index contributed by atoms with van der Waals surface area (Å²) in [6.45, 7) is 0. The zero-order chi connectivity index (χ0) is 29.7. The predicted molar refractivity (Wildman–Crippen MR) is 137 cm³/mol. The van der Waals surface area contributed by atoms with E-state index in [9.17, 15) is 39.6 Å². The normalized spacial score (nSPS) is 15.0. The molecule has 0 aromatic heterocycles. The lowest BCUT2D eigenvalue weighted by Gasteiger charge is -2.27. The maximum Gasteiger partial charge on any atom is 0.306 e. The van der Waals surface area contributed by atoms with Crippen LogP contribution in [0.2, 0.25) is 0 Å². The molecule has 0 spiro atoms. The van der Waals surface area contributed by atoms with Crippen LogP contribution in [0.25, 0.3) is 0 Å². The Bertz CT molecular complexity index is 1310. The minimum Gasteiger partial charge on any atom is -0.504 e. The second kappa shape index (κ2) is 12.2. The summed E-state index contributed by atoms with van der Waals surface area (Å²) >= 11 is 0. The molecule has 0 radical (unpaired) electrons. The van der Waals surface area contributed by atoms with Gasteiger partial charge in [-0.15, -0.1) is 0 Å². The summed E-state index contributed by atoms with van der Waals surface area (Å²) in [4.78, 5) is 51.6. The number of aliphatic hydroxyl groups excluding tert-OH is 2. The molecule has 1 aliphatic rings. The van der Waals surface area contributed by atoms with Crippen LogP contribution in [0.5, 0.6) is 23.0 Å². The molecule has 212 valence electrons. The van der Waals surface area contributed by atoms with E-state index in [0.29, 0.717) is 0 Å². The summed E-state index contributed by atoms with van der Waals surface area (Å²) in [6.07, 6.45) is -1.08. The molecule has 0 fully saturated rings. The Hall–Kier alpha value is -5.00. The van der Waals surface area contributed by atoms with Crippen molar-refractivity contribution in [2.45, 2.75) is 24.7 Å². The van der Waals surface area contributed by atoms with Crippen LogP contribution in [-0.2, 0) is 28.7 Å². The summed E-state index contributed by atoms with van der Waals surface area (Å²) in [6, 6.07) is 7.87. The lowest BCUT2D eigenvalue weighted by atomic mass is 9.76. The number of carbonyl (C=O) groups is 4. The summed E-state index contributed by atoms with van der Waals surface area (Å²) in [7, 11) is 4.83. The summed E-state index contributed by atoms with van der Waals surface area (Å²) < 4.78 is 19.4. The fourth-order valence-corrected chi connectivity index (χ4v) is 4.48. The first-order valence-corrected chi connectivity index (χ1v) is 11.8. The van der Waals surface area contributed by atoms with E-state index in [-0.39, 0.29) is 34.1 Å². The van der Waals surface area contributed by atoms with Crippen molar-refractivity contribution in [3.63, 3.8) is 0 Å². The first kappa shape index (κ1) is 29.6. The first-order valence-electron chi connectivity index (χ1n) is 11.8. The second-order valence-electron chi connectivity index (χ2n) is 8.71. The van der Waals surface area contributed by atoms with Crippen LogP contribution in [-0.4, -0.2) is 72.4 Å². The van der Waals surface area contributed by atoms with Crippen LogP contribution < -0.4 is 9.47 Å². The molecule has 0 heterocycles. The molecule has 40 heavy (non-hydrogen) atoms. The molecule has 2 unspecified atom stereocenters. The topological polar surface area (TPSA) is 186 Å².